The first-order valence-electron chi connectivity index (χ1n) is 8.89. The number of aliphatic hydroxyl groups excluding tert-OH is 1. The molecule has 3 aromatic rings. The molecule has 1 fully saturated rings. The maximum Gasteiger partial charge on any atom is 0.153 e. The van der Waals surface area contributed by atoms with E-state index in [1.807, 2.05) is 11.4 Å². The molecule has 138 valence electrons. The fourth-order valence-corrected chi connectivity index (χ4v) is 4.07. The monoisotopic (exact) mass is 380 g/mol. The minimum absolute atomic E-state index is 0.332. The van der Waals surface area contributed by atoms with E-state index >= 15 is 0 Å². The Bertz CT molecular complexity index is 976. The number of nitriles is 1. The van der Waals surface area contributed by atoms with Gasteiger partial charge >= 0.3 is 0 Å². The maximum atomic E-state index is 10.7. The van der Waals surface area contributed by atoms with Gasteiger partial charge in [-0.1, -0.05) is 12.1 Å². The molecule has 1 aromatic carbocycles. The Morgan fingerprint density at radius 3 is 3.07 bits per heavy atom. The third-order valence-corrected chi connectivity index (χ3v) is 5.49. The summed E-state index contributed by atoms with van der Waals surface area (Å²) in [5.41, 5.74) is 2.39. The number of rotatable bonds is 5. The van der Waals surface area contributed by atoms with E-state index in [-0.39, 0.29) is 0 Å². The Morgan fingerprint density at radius 1 is 1.37 bits per heavy atom. The van der Waals surface area contributed by atoms with Gasteiger partial charge in [0.15, 0.2) is 6.23 Å². The molecule has 2 aromatic heterocycles. The second kappa shape index (κ2) is 7.88. The number of nitrogens with zero attached hydrogens (tertiary/aromatic N) is 3. The lowest BCUT2D eigenvalue weighted by Crippen LogP contribution is -2.38. The molecule has 27 heavy (non-hydrogen) atoms. The van der Waals surface area contributed by atoms with E-state index in [0.717, 1.165) is 30.8 Å². The van der Waals surface area contributed by atoms with E-state index < -0.39 is 6.23 Å². The van der Waals surface area contributed by atoms with Crippen molar-refractivity contribution in [3.05, 3.63) is 47.0 Å². The molecule has 7 nitrogen and oxygen atoms in total. The molecule has 0 amide bonds. The Kier molecular flexibility index (Phi) is 5.16. The highest BCUT2D eigenvalue weighted by atomic mass is 32.1. The highest BCUT2D eigenvalue weighted by Gasteiger charge is 2.18. The minimum Gasteiger partial charge on any atom is -0.369 e. The summed E-state index contributed by atoms with van der Waals surface area (Å²) in [4.78, 5) is 9.92. The van der Waals surface area contributed by atoms with Crippen molar-refractivity contribution in [1.82, 2.24) is 15.3 Å². The average molecular weight is 380 g/mol. The smallest absolute Gasteiger partial charge is 0.153 e. The van der Waals surface area contributed by atoms with Crippen LogP contribution in [0.1, 0.15) is 30.2 Å². The van der Waals surface area contributed by atoms with Crippen molar-refractivity contribution in [2.75, 3.05) is 23.7 Å². The van der Waals surface area contributed by atoms with Gasteiger partial charge in [0.25, 0.3) is 0 Å². The van der Waals surface area contributed by atoms with E-state index in [1.54, 1.807) is 24.4 Å². The van der Waals surface area contributed by atoms with Crippen molar-refractivity contribution >= 4 is 33.2 Å². The Labute approximate surface area is 161 Å². The highest BCUT2D eigenvalue weighted by Crippen LogP contribution is 2.30. The molecule has 4 rings (SSSR count). The van der Waals surface area contributed by atoms with Crippen LogP contribution in [-0.4, -0.2) is 34.2 Å². The van der Waals surface area contributed by atoms with Gasteiger partial charge < -0.3 is 21.1 Å². The summed E-state index contributed by atoms with van der Waals surface area (Å²) in [7, 11) is 0. The predicted molar refractivity (Wildman–Crippen MR) is 107 cm³/mol. The number of aromatic nitrogens is 2. The summed E-state index contributed by atoms with van der Waals surface area (Å²) >= 11 is 1.44. The summed E-state index contributed by atoms with van der Waals surface area (Å²) in [6.07, 6.45) is 2.99. The van der Waals surface area contributed by atoms with Crippen molar-refractivity contribution in [2.45, 2.75) is 25.1 Å². The zero-order chi connectivity index (χ0) is 18.6. The van der Waals surface area contributed by atoms with Gasteiger partial charge in [-0.3, -0.25) is 0 Å². The van der Waals surface area contributed by atoms with E-state index in [9.17, 15) is 10.4 Å². The van der Waals surface area contributed by atoms with Gasteiger partial charge in [-0.05, 0) is 31.5 Å². The fourth-order valence-electron chi connectivity index (χ4n) is 3.21. The largest absolute Gasteiger partial charge is 0.369 e. The maximum absolute atomic E-state index is 10.7. The van der Waals surface area contributed by atoms with Crippen molar-refractivity contribution in [2.24, 2.45) is 0 Å². The SMILES string of the molecule is N#Cc1ccccc1NC(O)c1csc2ncc(N[C@@H]3CCCNC3)nc12. The standard InChI is InChI=1S/C19H20N6OS/c20-8-12-4-1-2-6-15(12)24-18(26)14-11-27-19-17(14)25-16(10-22-19)23-13-5-3-7-21-9-13/h1-2,4,6,10-11,13,18,21,24,26H,3,5,7,9H2,(H,23,25)/t13-,18?/m1/s1. The number of piperidine rings is 1. The summed E-state index contributed by atoms with van der Waals surface area (Å²) in [6, 6.07) is 9.55. The number of benzene rings is 1. The van der Waals surface area contributed by atoms with Gasteiger partial charge in [0.2, 0.25) is 0 Å². The lowest BCUT2D eigenvalue weighted by molar-refractivity contribution is 0.210. The number of thiophene rings is 1. The number of nitrogens with one attached hydrogen (secondary N) is 3. The third-order valence-electron chi connectivity index (χ3n) is 4.59. The number of para-hydroxylation sites is 1. The normalized spacial score (nSPS) is 18.0. The molecule has 1 aliphatic rings. The Morgan fingerprint density at radius 2 is 2.26 bits per heavy atom. The van der Waals surface area contributed by atoms with E-state index in [0.29, 0.717) is 34.2 Å². The molecule has 1 unspecified atom stereocenters. The van der Waals surface area contributed by atoms with Gasteiger partial charge in [0, 0.05) is 23.5 Å². The van der Waals surface area contributed by atoms with Gasteiger partial charge in [-0.25, -0.2) is 9.97 Å². The average Bonchev–Trinajstić information content (AvgIpc) is 3.12. The highest BCUT2D eigenvalue weighted by molar-refractivity contribution is 7.16. The van der Waals surface area contributed by atoms with Crippen LogP contribution in [0.4, 0.5) is 11.5 Å². The fraction of sp³-hybridized carbons (Fsp3) is 0.316. The predicted octanol–water partition coefficient (Wildman–Crippen LogP) is 2.83. The molecule has 1 saturated heterocycles. The molecule has 3 heterocycles. The molecule has 4 N–H and O–H groups in total. The summed E-state index contributed by atoms with van der Waals surface area (Å²) in [5, 5.41) is 31.5. The van der Waals surface area contributed by atoms with Crippen molar-refractivity contribution in [1.29, 1.82) is 5.26 Å². The number of fused-ring (bicyclic) bond motifs is 1. The van der Waals surface area contributed by atoms with Gasteiger partial charge in [-0.2, -0.15) is 5.26 Å². The van der Waals surface area contributed by atoms with E-state index in [4.69, 9.17) is 0 Å². The Balaban J connectivity index is 1.57. The van der Waals surface area contributed by atoms with Gasteiger partial charge in [-0.15, -0.1) is 11.3 Å². The molecule has 1 aliphatic heterocycles. The second-order valence-electron chi connectivity index (χ2n) is 6.49. The first kappa shape index (κ1) is 17.7. The number of aliphatic hydroxyl groups is 1. The summed E-state index contributed by atoms with van der Waals surface area (Å²) in [6.45, 7) is 1.96. The summed E-state index contributed by atoms with van der Waals surface area (Å²) < 4.78 is 0. The number of hydrogen-bond acceptors (Lipinski definition) is 8. The zero-order valence-corrected chi connectivity index (χ0v) is 15.5. The number of anilines is 2. The second-order valence-corrected chi connectivity index (χ2v) is 7.35. The molecular weight excluding hydrogens is 360 g/mol. The van der Waals surface area contributed by atoms with Crippen LogP contribution in [-0.2, 0) is 0 Å². The molecule has 0 bridgehead atoms. The minimum atomic E-state index is -0.978. The van der Waals surface area contributed by atoms with Crippen LogP contribution in [0.25, 0.3) is 10.3 Å². The van der Waals surface area contributed by atoms with Crippen LogP contribution in [0.5, 0.6) is 0 Å². The van der Waals surface area contributed by atoms with E-state index in [1.165, 1.54) is 11.3 Å². The van der Waals surface area contributed by atoms with E-state index in [2.05, 4.69) is 32.0 Å². The third kappa shape index (κ3) is 3.85. The number of hydrogen-bond donors (Lipinski definition) is 4. The van der Waals surface area contributed by atoms with Crippen molar-refractivity contribution in [3.8, 4) is 6.07 Å². The topological polar surface area (TPSA) is 106 Å². The quantitative estimate of drug-likeness (QED) is 0.504. The van der Waals surface area contributed by atoms with Crippen molar-refractivity contribution in [3.63, 3.8) is 0 Å². The van der Waals surface area contributed by atoms with Crippen LogP contribution >= 0.6 is 11.3 Å². The lowest BCUT2D eigenvalue weighted by Gasteiger charge is -2.24. The first-order valence-corrected chi connectivity index (χ1v) is 9.77. The van der Waals surface area contributed by atoms with Crippen molar-refractivity contribution < 1.29 is 5.11 Å². The molecule has 0 radical (unpaired) electrons. The Hall–Kier alpha value is -2.73. The van der Waals surface area contributed by atoms with Gasteiger partial charge in [0.05, 0.1) is 17.4 Å². The first-order chi connectivity index (χ1) is 13.2. The molecular formula is C19H20N6OS. The van der Waals surface area contributed by atoms with Crippen LogP contribution in [0.3, 0.4) is 0 Å². The molecule has 0 aliphatic carbocycles. The summed E-state index contributed by atoms with van der Waals surface area (Å²) in [5.74, 6) is 0.709. The lowest BCUT2D eigenvalue weighted by atomic mass is 10.1. The van der Waals surface area contributed by atoms with Crippen LogP contribution in [0.2, 0.25) is 0 Å². The molecule has 0 saturated carbocycles. The molecule has 2 atom stereocenters. The zero-order valence-electron chi connectivity index (χ0n) is 14.6. The molecule has 8 heteroatoms. The van der Waals surface area contributed by atoms with Crippen LogP contribution in [0, 0.1) is 11.3 Å². The van der Waals surface area contributed by atoms with Crippen LogP contribution < -0.4 is 16.0 Å². The van der Waals surface area contributed by atoms with Crippen LogP contribution in [0.15, 0.2) is 35.8 Å². The van der Waals surface area contributed by atoms with Gasteiger partial charge in [0.1, 0.15) is 22.2 Å². The molecule has 0 spiro atoms.